The van der Waals surface area contributed by atoms with Crippen LogP contribution in [0.2, 0.25) is 0 Å². The molecule has 2 aromatic rings. The number of thiophene rings is 1. The van der Waals surface area contributed by atoms with Gasteiger partial charge in [0.15, 0.2) is 0 Å². The largest absolute Gasteiger partial charge is 0.354 e. The van der Waals surface area contributed by atoms with Crippen molar-refractivity contribution >= 4 is 44.9 Å². The third-order valence-electron chi connectivity index (χ3n) is 3.84. The molecular formula is C16H20BrN5OS. The number of hydrogen-bond acceptors (Lipinski definition) is 6. The summed E-state index contributed by atoms with van der Waals surface area (Å²) < 4.78 is 0.960. The summed E-state index contributed by atoms with van der Waals surface area (Å²) in [6, 6.07) is 3.88. The maximum Gasteiger partial charge on any atom is 0.264 e. The van der Waals surface area contributed by atoms with Gasteiger partial charge in [0, 0.05) is 54.3 Å². The fourth-order valence-electron chi connectivity index (χ4n) is 2.67. The second kappa shape index (κ2) is 7.48. The quantitative estimate of drug-likeness (QED) is 0.840. The number of amides is 1. The van der Waals surface area contributed by atoms with Crippen LogP contribution in [0.5, 0.6) is 0 Å². The van der Waals surface area contributed by atoms with E-state index in [0.29, 0.717) is 19.0 Å². The van der Waals surface area contributed by atoms with E-state index < -0.39 is 0 Å². The molecule has 2 aromatic heterocycles. The summed E-state index contributed by atoms with van der Waals surface area (Å²) in [6.45, 7) is 7.75. The summed E-state index contributed by atoms with van der Waals surface area (Å²) in [5.41, 5.74) is 0.942. The summed E-state index contributed by atoms with van der Waals surface area (Å²) in [4.78, 5) is 26.4. The van der Waals surface area contributed by atoms with Crippen LogP contribution in [-0.2, 0) is 0 Å². The van der Waals surface area contributed by atoms with Crippen LogP contribution in [0.15, 0.2) is 22.0 Å². The van der Waals surface area contributed by atoms with Crippen molar-refractivity contribution in [2.45, 2.75) is 13.8 Å². The molecule has 24 heavy (non-hydrogen) atoms. The van der Waals surface area contributed by atoms with Gasteiger partial charge >= 0.3 is 0 Å². The lowest BCUT2D eigenvalue weighted by atomic mass is 10.2. The van der Waals surface area contributed by atoms with Crippen LogP contribution < -0.4 is 10.2 Å². The summed E-state index contributed by atoms with van der Waals surface area (Å²) in [5.74, 6) is 1.69. The van der Waals surface area contributed by atoms with Gasteiger partial charge in [-0.3, -0.25) is 4.79 Å². The number of piperazine rings is 1. The molecule has 1 amide bonds. The average molecular weight is 410 g/mol. The van der Waals surface area contributed by atoms with Gasteiger partial charge in [0.25, 0.3) is 5.91 Å². The van der Waals surface area contributed by atoms with Crippen LogP contribution in [-0.4, -0.2) is 53.5 Å². The molecule has 0 saturated carbocycles. The predicted octanol–water partition coefficient (Wildman–Crippen LogP) is 3.00. The van der Waals surface area contributed by atoms with Crippen molar-refractivity contribution in [1.29, 1.82) is 0 Å². The van der Waals surface area contributed by atoms with E-state index in [1.807, 2.05) is 36.3 Å². The number of nitrogens with zero attached hydrogens (tertiary/aromatic N) is 4. The van der Waals surface area contributed by atoms with Gasteiger partial charge in [0.05, 0.1) is 4.88 Å². The van der Waals surface area contributed by atoms with Crippen LogP contribution in [0, 0.1) is 6.92 Å². The Bertz CT molecular complexity index is 727. The second-order valence-electron chi connectivity index (χ2n) is 5.63. The minimum Gasteiger partial charge on any atom is -0.354 e. The topological polar surface area (TPSA) is 61.4 Å². The monoisotopic (exact) mass is 409 g/mol. The normalized spacial score (nSPS) is 14.8. The van der Waals surface area contributed by atoms with Crippen LogP contribution in [0.4, 0.5) is 11.8 Å². The smallest absolute Gasteiger partial charge is 0.264 e. The Balaban J connectivity index is 1.65. The van der Waals surface area contributed by atoms with Crippen molar-refractivity contribution in [3.05, 3.63) is 32.6 Å². The molecule has 0 radical (unpaired) electrons. The summed E-state index contributed by atoms with van der Waals surface area (Å²) in [7, 11) is 0. The number of nitrogens with one attached hydrogen (secondary N) is 1. The number of aryl methyl sites for hydroxylation is 1. The van der Waals surface area contributed by atoms with Gasteiger partial charge in [0.1, 0.15) is 5.82 Å². The van der Waals surface area contributed by atoms with E-state index in [0.717, 1.165) is 40.5 Å². The maximum absolute atomic E-state index is 12.5. The number of carbonyl (C=O) groups is 1. The Kier molecular flexibility index (Phi) is 5.35. The third-order valence-corrected chi connectivity index (χ3v) is 5.52. The minimum absolute atomic E-state index is 0.109. The Labute approximate surface area is 154 Å². The molecule has 1 aliphatic rings. The number of aromatic nitrogens is 2. The highest BCUT2D eigenvalue weighted by Crippen LogP contribution is 2.23. The number of hydrogen-bond donors (Lipinski definition) is 1. The van der Waals surface area contributed by atoms with Crippen molar-refractivity contribution in [2.24, 2.45) is 0 Å². The van der Waals surface area contributed by atoms with Crippen LogP contribution in [0.1, 0.15) is 22.3 Å². The van der Waals surface area contributed by atoms with Crippen molar-refractivity contribution in [2.75, 3.05) is 42.9 Å². The van der Waals surface area contributed by atoms with Crippen LogP contribution >= 0.6 is 27.3 Å². The molecular weight excluding hydrogens is 390 g/mol. The molecule has 0 aromatic carbocycles. The number of rotatable bonds is 4. The lowest BCUT2D eigenvalue weighted by Crippen LogP contribution is -2.49. The number of halogens is 1. The lowest BCUT2D eigenvalue weighted by molar-refractivity contribution is 0.0751. The highest BCUT2D eigenvalue weighted by atomic mass is 79.9. The molecule has 1 saturated heterocycles. The van der Waals surface area contributed by atoms with Gasteiger partial charge in [-0.25, -0.2) is 4.98 Å². The molecule has 0 spiro atoms. The molecule has 1 N–H and O–H groups in total. The minimum atomic E-state index is 0.109. The zero-order valence-electron chi connectivity index (χ0n) is 13.8. The highest BCUT2D eigenvalue weighted by Gasteiger charge is 2.24. The summed E-state index contributed by atoms with van der Waals surface area (Å²) in [5, 5.41) is 5.10. The molecule has 6 nitrogen and oxygen atoms in total. The van der Waals surface area contributed by atoms with Gasteiger partial charge in [-0.05, 0) is 35.8 Å². The standard InChI is InChI=1S/C16H20BrN5OS/c1-3-18-16-19-11(2)8-14(20-16)21-4-6-22(7-5-21)15(23)13-9-12(17)10-24-13/h8-10H,3-7H2,1-2H3,(H,18,19,20). The van der Waals surface area contributed by atoms with Crippen molar-refractivity contribution in [3.8, 4) is 0 Å². The van der Waals surface area contributed by atoms with Crippen molar-refractivity contribution < 1.29 is 4.79 Å². The van der Waals surface area contributed by atoms with E-state index in [2.05, 4.69) is 36.1 Å². The van der Waals surface area contributed by atoms with E-state index in [4.69, 9.17) is 0 Å². The molecule has 128 valence electrons. The Morgan fingerprint density at radius 1 is 1.29 bits per heavy atom. The van der Waals surface area contributed by atoms with Gasteiger partial charge in [0.2, 0.25) is 5.95 Å². The van der Waals surface area contributed by atoms with Crippen LogP contribution in [0.25, 0.3) is 0 Å². The Morgan fingerprint density at radius 3 is 2.67 bits per heavy atom. The first-order valence-corrected chi connectivity index (χ1v) is 9.62. The maximum atomic E-state index is 12.5. The zero-order valence-corrected chi connectivity index (χ0v) is 16.2. The Hall–Kier alpha value is -1.67. The molecule has 3 rings (SSSR count). The van der Waals surface area contributed by atoms with E-state index in [-0.39, 0.29) is 5.91 Å². The second-order valence-corrected chi connectivity index (χ2v) is 7.46. The SMILES string of the molecule is CCNc1nc(C)cc(N2CCN(C(=O)c3cc(Br)cs3)CC2)n1. The van der Waals surface area contributed by atoms with E-state index in [1.165, 1.54) is 11.3 Å². The molecule has 3 heterocycles. The zero-order chi connectivity index (χ0) is 17.1. The first kappa shape index (κ1) is 17.2. The number of anilines is 2. The predicted molar refractivity (Wildman–Crippen MR) is 101 cm³/mol. The lowest BCUT2D eigenvalue weighted by Gasteiger charge is -2.35. The summed E-state index contributed by atoms with van der Waals surface area (Å²) >= 11 is 4.88. The average Bonchev–Trinajstić information content (AvgIpc) is 3.00. The van der Waals surface area contributed by atoms with E-state index in [1.54, 1.807) is 0 Å². The molecule has 0 bridgehead atoms. The molecule has 1 aliphatic heterocycles. The molecule has 0 atom stereocenters. The fourth-order valence-corrected chi connectivity index (χ4v) is 4.06. The van der Waals surface area contributed by atoms with E-state index >= 15 is 0 Å². The van der Waals surface area contributed by atoms with Crippen molar-refractivity contribution in [3.63, 3.8) is 0 Å². The highest BCUT2D eigenvalue weighted by molar-refractivity contribution is 9.10. The van der Waals surface area contributed by atoms with Crippen molar-refractivity contribution in [1.82, 2.24) is 14.9 Å². The third kappa shape index (κ3) is 3.87. The Morgan fingerprint density at radius 2 is 2.04 bits per heavy atom. The van der Waals surface area contributed by atoms with Crippen LogP contribution in [0.3, 0.4) is 0 Å². The van der Waals surface area contributed by atoms with Gasteiger partial charge in [-0.15, -0.1) is 11.3 Å². The van der Waals surface area contributed by atoms with Gasteiger partial charge in [-0.2, -0.15) is 4.98 Å². The number of carbonyl (C=O) groups excluding carboxylic acids is 1. The van der Waals surface area contributed by atoms with Gasteiger partial charge in [-0.1, -0.05) is 0 Å². The fraction of sp³-hybridized carbons (Fsp3) is 0.438. The van der Waals surface area contributed by atoms with E-state index in [9.17, 15) is 4.79 Å². The molecule has 8 heteroatoms. The molecule has 0 unspecified atom stereocenters. The first-order chi connectivity index (χ1) is 11.6. The first-order valence-electron chi connectivity index (χ1n) is 7.94. The molecule has 1 fully saturated rings. The summed E-state index contributed by atoms with van der Waals surface area (Å²) in [6.07, 6.45) is 0. The van der Waals surface area contributed by atoms with Gasteiger partial charge < -0.3 is 15.1 Å². The molecule has 0 aliphatic carbocycles.